The lowest BCUT2D eigenvalue weighted by Gasteiger charge is -2.37. The van der Waals surface area contributed by atoms with Crippen LogP contribution in [0.15, 0.2) is 0 Å². The van der Waals surface area contributed by atoms with E-state index in [1.807, 2.05) is 6.92 Å². The van der Waals surface area contributed by atoms with Gasteiger partial charge in [0.1, 0.15) is 23.6 Å². The minimum Gasteiger partial charge on any atom is -0.474 e. The fraction of sp³-hybridized carbons (Fsp3) is 0.583. The van der Waals surface area contributed by atoms with Crippen LogP contribution in [0.1, 0.15) is 18.7 Å². The van der Waals surface area contributed by atoms with Crippen molar-refractivity contribution in [1.82, 2.24) is 20.2 Å². The zero-order chi connectivity index (χ0) is 13.0. The van der Waals surface area contributed by atoms with E-state index in [4.69, 9.17) is 4.74 Å². The molecule has 1 saturated heterocycles. The highest BCUT2D eigenvalue weighted by atomic mass is 16.5. The number of aryl methyl sites for hydroxylation is 1. The summed E-state index contributed by atoms with van der Waals surface area (Å²) in [6, 6.07) is 0.245. The standard InChI is InChI=1S/C12H15N5O2/c1-6-13-10-9-11(14-6)17-4-8(18)3-2-7(17)5-19-12(9)16-15-10/h7-8,18H,2-5H2,1H3,(H,13,14,15,16). The topological polar surface area (TPSA) is 87.2 Å². The third-order valence-corrected chi connectivity index (χ3v) is 3.84. The third kappa shape index (κ3) is 1.58. The molecule has 4 heterocycles. The van der Waals surface area contributed by atoms with Gasteiger partial charge in [0, 0.05) is 6.54 Å². The van der Waals surface area contributed by atoms with Gasteiger partial charge in [-0.05, 0) is 19.8 Å². The molecular formula is C12H15N5O2. The molecule has 19 heavy (non-hydrogen) atoms. The van der Waals surface area contributed by atoms with Crippen LogP contribution in [0, 0.1) is 6.92 Å². The van der Waals surface area contributed by atoms with Crippen LogP contribution >= 0.6 is 0 Å². The monoisotopic (exact) mass is 261 g/mol. The summed E-state index contributed by atoms with van der Waals surface area (Å²) in [6.45, 7) is 3.02. The third-order valence-electron chi connectivity index (χ3n) is 3.84. The Morgan fingerprint density at radius 2 is 2.26 bits per heavy atom. The van der Waals surface area contributed by atoms with E-state index in [1.54, 1.807) is 0 Å². The summed E-state index contributed by atoms with van der Waals surface area (Å²) in [7, 11) is 0. The molecule has 2 unspecified atom stereocenters. The van der Waals surface area contributed by atoms with Gasteiger partial charge in [-0.25, -0.2) is 9.97 Å². The minimum atomic E-state index is -0.310. The molecule has 0 radical (unpaired) electrons. The number of rotatable bonds is 0. The number of aliphatic hydroxyl groups excluding tert-OH is 1. The van der Waals surface area contributed by atoms with Crippen molar-refractivity contribution in [3.05, 3.63) is 5.82 Å². The largest absolute Gasteiger partial charge is 0.474 e. The van der Waals surface area contributed by atoms with Crippen LogP contribution in [0.5, 0.6) is 5.88 Å². The normalized spacial score (nSPS) is 25.9. The van der Waals surface area contributed by atoms with Gasteiger partial charge in [-0.1, -0.05) is 0 Å². The highest BCUT2D eigenvalue weighted by Gasteiger charge is 2.34. The van der Waals surface area contributed by atoms with Crippen LogP contribution in [0.4, 0.5) is 5.82 Å². The van der Waals surface area contributed by atoms with E-state index in [0.717, 1.165) is 24.0 Å². The molecular weight excluding hydrogens is 246 g/mol. The van der Waals surface area contributed by atoms with Gasteiger partial charge in [0.15, 0.2) is 5.65 Å². The number of nitrogens with zero attached hydrogens (tertiary/aromatic N) is 4. The number of piperidine rings is 1. The average Bonchev–Trinajstić information content (AvgIpc) is 2.72. The van der Waals surface area contributed by atoms with Crippen molar-refractivity contribution in [3.63, 3.8) is 0 Å². The fourth-order valence-corrected chi connectivity index (χ4v) is 2.92. The molecule has 0 amide bonds. The number of ether oxygens (including phenoxy) is 1. The van der Waals surface area contributed by atoms with Crippen LogP contribution in [-0.4, -0.2) is 50.6 Å². The highest BCUT2D eigenvalue weighted by Crippen LogP contribution is 2.36. The van der Waals surface area contributed by atoms with E-state index in [1.165, 1.54) is 0 Å². The predicted octanol–water partition coefficient (Wildman–Crippen LogP) is 0.383. The number of aromatic amines is 1. The Balaban J connectivity index is 1.94. The van der Waals surface area contributed by atoms with E-state index in [9.17, 15) is 5.11 Å². The maximum absolute atomic E-state index is 9.91. The molecule has 2 atom stereocenters. The van der Waals surface area contributed by atoms with Crippen molar-refractivity contribution in [2.75, 3.05) is 18.1 Å². The predicted molar refractivity (Wildman–Crippen MR) is 68.3 cm³/mol. The van der Waals surface area contributed by atoms with Gasteiger partial charge in [-0.2, -0.15) is 0 Å². The summed E-state index contributed by atoms with van der Waals surface area (Å²) in [5.41, 5.74) is 0.693. The highest BCUT2D eigenvalue weighted by molar-refractivity contribution is 5.92. The van der Waals surface area contributed by atoms with E-state index in [-0.39, 0.29) is 12.1 Å². The lowest BCUT2D eigenvalue weighted by molar-refractivity contribution is 0.130. The number of aliphatic hydroxyl groups is 1. The van der Waals surface area contributed by atoms with Gasteiger partial charge in [-0.3, -0.25) is 5.10 Å². The van der Waals surface area contributed by atoms with Crippen LogP contribution in [-0.2, 0) is 0 Å². The van der Waals surface area contributed by atoms with E-state index in [2.05, 4.69) is 25.1 Å². The Bertz CT molecular complexity index is 640. The van der Waals surface area contributed by atoms with Crippen molar-refractivity contribution >= 4 is 16.9 Å². The maximum atomic E-state index is 9.91. The first kappa shape index (κ1) is 11.0. The first-order valence-corrected chi connectivity index (χ1v) is 6.52. The first-order chi connectivity index (χ1) is 9.22. The smallest absolute Gasteiger partial charge is 0.246 e. The minimum absolute atomic E-state index is 0.245. The molecule has 7 nitrogen and oxygen atoms in total. The van der Waals surface area contributed by atoms with Crippen LogP contribution in [0.25, 0.3) is 11.0 Å². The van der Waals surface area contributed by atoms with Crippen molar-refractivity contribution in [1.29, 1.82) is 0 Å². The number of H-pyrrole nitrogens is 1. The van der Waals surface area contributed by atoms with Gasteiger partial charge >= 0.3 is 0 Å². The molecule has 1 fully saturated rings. The van der Waals surface area contributed by atoms with Crippen molar-refractivity contribution in [2.45, 2.75) is 31.9 Å². The Kier molecular flexibility index (Phi) is 2.20. The summed E-state index contributed by atoms with van der Waals surface area (Å²) in [6.07, 6.45) is 1.40. The molecule has 0 aromatic carbocycles. The van der Waals surface area contributed by atoms with Crippen LogP contribution in [0.3, 0.4) is 0 Å². The van der Waals surface area contributed by atoms with E-state index in [0.29, 0.717) is 30.5 Å². The van der Waals surface area contributed by atoms with Crippen LogP contribution in [0.2, 0.25) is 0 Å². The summed E-state index contributed by atoms with van der Waals surface area (Å²) in [4.78, 5) is 11.0. The van der Waals surface area contributed by atoms with E-state index < -0.39 is 0 Å². The molecule has 4 rings (SSSR count). The molecule has 100 valence electrons. The lowest BCUT2D eigenvalue weighted by atomic mass is 10.0. The first-order valence-electron chi connectivity index (χ1n) is 6.52. The molecule has 0 aliphatic carbocycles. The molecule has 2 aromatic rings. The maximum Gasteiger partial charge on any atom is 0.246 e. The van der Waals surface area contributed by atoms with Crippen LogP contribution < -0.4 is 9.64 Å². The summed E-state index contributed by atoms with van der Waals surface area (Å²) in [5.74, 6) is 2.08. The van der Waals surface area contributed by atoms with E-state index >= 15 is 0 Å². The summed E-state index contributed by atoms with van der Waals surface area (Å²) >= 11 is 0. The Morgan fingerprint density at radius 3 is 3.16 bits per heavy atom. The number of aromatic nitrogens is 4. The zero-order valence-corrected chi connectivity index (χ0v) is 10.6. The van der Waals surface area contributed by atoms with Gasteiger partial charge in [0.25, 0.3) is 0 Å². The fourth-order valence-electron chi connectivity index (χ4n) is 2.92. The molecule has 2 aromatic heterocycles. The number of hydrogen-bond acceptors (Lipinski definition) is 6. The average molecular weight is 261 g/mol. The van der Waals surface area contributed by atoms with Gasteiger partial charge in [0.2, 0.25) is 5.88 Å². The molecule has 2 N–H and O–H groups in total. The lowest BCUT2D eigenvalue weighted by Crippen LogP contribution is -2.48. The van der Waals surface area contributed by atoms with Crippen molar-refractivity contribution in [2.24, 2.45) is 0 Å². The summed E-state index contributed by atoms with van der Waals surface area (Å²) < 4.78 is 5.76. The molecule has 7 heteroatoms. The van der Waals surface area contributed by atoms with Gasteiger partial charge < -0.3 is 14.7 Å². The second kappa shape index (κ2) is 3.80. The number of anilines is 1. The second-order valence-corrected chi connectivity index (χ2v) is 5.20. The zero-order valence-electron chi connectivity index (χ0n) is 10.6. The van der Waals surface area contributed by atoms with Crippen molar-refractivity contribution < 1.29 is 9.84 Å². The molecule has 0 spiro atoms. The molecule has 2 aliphatic heterocycles. The second-order valence-electron chi connectivity index (χ2n) is 5.20. The van der Waals surface area contributed by atoms with Gasteiger partial charge in [0.05, 0.1) is 12.1 Å². The molecule has 0 bridgehead atoms. The molecule has 2 aliphatic rings. The Morgan fingerprint density at radius 1 is 1.37 bits per heavy atom. The summed E-state index contributed by atoms with van der Waals surface area (Å²) in [5, 5.41) is 17.8. The van der Waals surface area contributed by atoms with Crippen molar-refractivity contribution in [3.8, 4) is 5.88 Å². The SMILES string of the molecule is Cc1nc2c3c(n[nH]c3n1)OCC1CCC(O)CN21. The Labute approximate surface area is 109 Å². The Hall–Kier alpha value is -1.89. The number of hydrogen-bond donors (Lipinski definition) is 2. The molecule has 0 saturated carbocycles. The quantitative estimate of drug-likeness (QED) is 0.713. The number of nitrogens with one attached hydrogen (secondary N) is 1. The number of fused-ring (bicyclic) bond motifs is 2. The van der Waals surface area contributed by atoms with Gasteiger partial charge in [-0.15, -0.1) is 5.10 Å².